The Labute approximate surface area is 175 Å². The Morgan fingerprint density at radius 2 is 1.80 bits per heavy atom. The van der Waals surface area contributed by atoms with Gasteiger partial charge in [-0.15, -0.1) is 0 Å². The van der Waals surface area contributed by atoms with Crippen molar-refractivity contribution < 1.29 is 24.2 Å². The van der Waals surface area contributed by atoms with E-state index >= 15 is 0 Å². The van der Waals surface area contributed by atoms with E-state index in [9.17, 15) is 14.7 Å². The molecule has 0 bridgehead atoms. The van der Waals surface area contributed by atoms with E-state index in [0.717, 1.165) is 25.9 Å². The SMILES string of the molecule is O=C(NCCOc1ccc(/C=C/C(=O)N2CCCCC2)c(O)c1)Oc1ccccc1. The molecule has 0 unspecified atom stereocenters. The maximum Gasteiger partial charge on any atom is 0.412 e. The Morgan fingerprint density at radius 3 is 2.53 bits per heavy atom. The topological polar surface area (TPSA) is 88.1 Å². The van der Waals surface area contributed by atoms with E-state index < -0.39 is 6.09 Å². The molecule has 0 spiro atoms. The van der Waals surface area contributed by atoms with E-state index in [1.807, 2.05) is 11.0 Å². The summed E-state index contributed by atoms with van der Waals surface area (Å²) in [6, 6.07) is 13.6. The molecule has 2 N–H and O–H groups in total. The van der Waals surface area contributed by atoms with Crippen LogP contribution in [0.3, 0.4) is 0 Å². The van der Waals surface area contributed by atoms with Gasteiger partial charge < -0.3 is 24.8 Å². The van der Waals surface area contributed by atoms with Crippen LogP contribution in [0.4, 0.5) is 4.79 Å². The van der Waals surface area contributed by atoms with E-state index in [1.54, 1.807) is 42.5 Å². The fourth-order valence-electron chi connectivity index (χ4n) is 3.09. The molecule has 0 saturated carbocycles. The quantitative estimate of drug-likeness (QED) is 0.538. The Bertz CT molecular complexity index is 876. The van der Waals surface area contributed by atoms with Crippen molar-refractivity contribution in [2.75, 3.05) is 26.2 Å². The number of hydrogen-bond donors (Lipinski definition) is 2. The molecule has 2 aromatic carbocycles. The van der Waals surface area contributed by atoms with Gasteiger partial charge in [0.05, 0.1) is 6.54 Å². The highest BCUT2D eigenvalue weighted by Crippen LogP contribution is 2.25. The van der Waals surface area contributed by atoms with Crippen molar-refractivity contribution in [3.63, 3.8) is 0 Å². The number of phenols is 1. The molecular weight excluding hydrogens is 384 g/mol. The average molecular weight is 410 g/mol. The van der Waals surface area contributed by atoms with Crippen LogP contribution < -0.4 is 14.8 Å². The lowest BCUT2D eigenvalue weighted by Gasteiger charge is -2.25. The normalized spacial score (nSPS) is 13.8. The van der Waals surface area contributed by atoms with E-state index in [4.69, 9.17) is 9.47 Å². The molecule has 0 aliphatic carbocycles. The van der Waals surface area contributed by atoms with Gasteiger partial charge in [-0.3, -0.25) is 4.79 Å². The zero-order chi connectivity index (χ0) is 21.2. The molecule has 1 fully saturated rings. The predicted octanol–water partition coefficient (Wildman–Crippen LogP) is 3.59. The largest absolute Gasteiger partial charge is 0.507 e. The summed E-state index contributed by atoms with van der Waals surface area (Å²) in [6.45, 7) is 2.04. The van der Waals surface area contributed by atoms with Gasteiger partial charge >= 0.3 is 6.09 Å². The maximum atomic E-state index is 12.2. The van der Waals surface area contributed by atoms with Crippen LogP contribution in [0.5, 0.6) is 17.2 Å². The van der Waals surface area contributed by atoms with Crippen molar-refractivity contribution in [3.8, 4) is 17.2 Å². The minimum Gasteiger partial charge on any atom is -0.507 e. The number of nitrogens with one attached hydrogen (secondary N) is 1. The van der Waals surface area contributed by atoms with Crippen LogP contribution >= 0.6 is 0 Å². The van der Waals surface area contributed by atoms with Gasteiger partial charge in [-0.05, 0) is 49.6 Å². The highest BCUT2D eigenvalue weighted by Gasteiger charge is 2.14. The molecule has 1 saturated heterocycles. The minimum absolute atomic E-state index is 0.0200. The number of phenolic OH excluding ortho intramolecular Hbond substituents is 1. The van der Waals surface area contributed by atoms with E-state index in [-0.39, 0.29) is 24.8 Å². The number of aromatic hydroxyl groups is 1. The number of para-hydroxylation sites is 1. The molecule has 0 atom stereocenters. The summed E-state index contributed by atoms with van der Waals surface area (Å²) in [7, 11) is 0. The van der Waals surface area contributed by atoms with Crippen LogP contribution in [0.1, 0.15) is 24.8 Å². The second-order valence-corrected chi connectivity index (χ2v) is 6.92. The molecule has 158 valence electrons. The standard InChI is InChI=1S/C23H26N2O5/c26-21-17-20(29-16-13-24-23(28)30-19-7-3-1-4-8-19)11-9-18(21)10-12-22(27)25-14-5-2-6-15-25/h1,3-4,7-12,17,26H,2,5-6,13-16H2,(H,24,28)/b12-10+. The van der Waals surface area contributed by atoms with E-state index in [1.165, 1.54) is 18.6 Å². The number of rotatable bonds is 7. The van der Waals surface area contributed by atoms with Gasteiger partial charge in [0.15, 0.2) is 0 Å². The molecule has 2 amide bonds. The number of carbonyl (C=O) groups is 2. The Kier molecular flexibility index (Phi) is 7.71. The molecular formula is C23H26N2O5. The molecule has 3 rings (SSSR count). The average Bonchev–Trinajstić information content (AvgIpc) is 2.77. The lowest BCUT2D eigenvalue weighted by atomic mass is 10.1. The first kappa shape index (κ1) is 21.2. The predicted molar refractivity (Wildman–Crippen MR) is 114 cm³/mol. The summed E-state index contributed by atoms with van der Waals surface area (Å²) in [5, 5.41) is 12.8. The van der Waals surface area contributed by atoms with Crippen LogP contribution in [0.15, 0.2) is 54.6 Å². The molecule has 1 heterocycles. The van der Waals surface area contributed by atoms with Crippen molar-refractivity contribution in [1.29, 1.82) is 0 Å². The molecule has 30 heavy (non-hydrogen) atoms. The number of ether oxygens (including phenoxy) is 2. The van der Waals surface area contributed by atoms with Crippen molar-refractivity contribution in [1.82, 2.24) is 10.2 Å². The molecule has 0 aromatic heterocycles. The highest BCUT2D eigenvalue weighted by atomic mass is 16.6. The molecule has 1 aliphatic heterocycles. The first-order chi connectivity index (χ1) is 14.6. The van der Waals surface area contributed by atoms with Crippen molar-refractivity contribution in [2.24, 2.45) is 0 Å². The lowest BCUT2D eigenvalue weighted by Crippen LogP contribution is -2.34. The van der Waals surface area contributed by atoms with Gasteiger partial charge in [-0.2, -0.15) is 0 Å². The highest BCUT2D eigenvalue weighted by molar-refractivity contribution is 5.92. The minimum atomic E-state index is -0.563. The van der Waals surface area contributed by atoms with Crippen molar-refractivity contribution in [2.45, 2.75) is 19.3 Å². The number of benzene rings is 2. The zero-order valence-electron chi connectivity index (χ0n) is 16.8. The second kappa shape index (κ2) is 10.9. The third-order valence-corrected chi connectivity index (χ3v) is 4.67. The number of nitrogens with zero attached hydrogens (tertiary/aromatic N) is 1. The summed E-state index contributed by atoms with van der Waals surface area (Å²) in [5.41, 5.74) is 0.539. The van der Waals surface area contributed by atoms with Crippen LogP contribution in [-0.2, 0) is 4.79 Å². The lowest BCUT2D eigenvalue weighted by molar-refractivity contribution is -0.126. The van der Waals surface area contributed by atoms with Gasteiger partial charge in [0.1, 0.15) is 23.9 Å². The number of likely N-dealkylation sites (tertiary alicyclic amines) is 1. The van der Waals surface area contributed by atoms with Gasteiger partial charge in [-0.25, -0.2) is 4.79 Å². The third-order valence-electron chi connectivity index (χ3n) is 4.67. The molecule has 0 radical (unpaired) electrons. The summed E-state index contributed by atoms with van der Waals surface area (Å²) >= 11 is 0. The van der Waals surface area contributed by atoms with Crippen molar-refractivity contribution in [3.05, 3.63) is 60.2 Å². The Morgan fingerprint density at radius 1 is 1.03 bits per heavy atom. The number of piperidine rings is 1. The monoisotopic (exact) mass is 410 g/mol. The van der Waals surface area contributed by atoms with E-state index in [0.29, 0.717) is 17.1 Å². The van der Waals surface area contributed by atoms with Crippen LogP contribution in [0, 0.1) is 0 Å². The molecule has 7 heteroatoms. The second-order valence-electron chi connectivity index (χ2n) is 6.92. The third kappa shape index (κ3) is 6.55. The van der Waals surface area contributed by atoms with Gasteiger partial charge in [-0.1, -0.05) is 18.2 Å². The number of hydrogen-bond acceptors (Lipinski definition) is 5. The zero-order valence-corrected chi connectivity index (χ0v) is 16.8. The van der Waals surface area contributed by atoms with Gasteiger partial charge in [0, 0.05) is 30.8 Å². The van der Waals surface area contributed by atoms with E-state index in [2.05, 4.69) is 5.32 Å². The fraction of sp³-hybridized carbons (Fsp3) is 0.304. The Hall–Kier alpha value is -3.48. The van der Waals surface area contributed by atoms with Gasteiger partial charge in [0.25, 0.3) is 0 Å². The molecule has 2 aromatic rings. The maximum absolute atomic E-state index is 12.2. The first-order valence-electron chi connectivity index (χ1n) is 10.1. The van der Waals surface area contributed by atoms with Crippen molar-refractivity contribution >= 4 is 18.1 Å². The Balaban J connectivity index is 1.42. The molecule has 1 aliphatic rings. The fourth-order valence-corrected chi connectivity index (χ4v) is 3.09. The summed E-state index contributed by atoms with van der Waals surface area (Å²) in [6.07, 6.45) is 5.78. The number of carbonyl (C=O) groups excluding carboxylic acids is 2. The van der Waals surface area contributed by atoms with Crippen LogP contribution in [0.2, 0.25) is 0 Å². The summed E-state index contributed by atoms with van der Waals surface area (Å²) in [4.78, 5) is 25.7. The van der Waals surface area contributed by atoms with Gasteiger partial charge in [0.2, 0.25) is 5.91 Å². The van der Waals surface area contributed by atoms with Crippen LogP contribution in [-0.4, -0.2) is 48.2 Å². The summed E-state index contributed by atoms with van der Waals surface area (Å²) in [5.74, 6) is 0.906. The number of amides is 2. The van der Waals surface area contributed by atoms with Crippen LogP contribution in [0.25, 0.3) is 6.08 Å². The smallest absolute Gasteiger partial charge is 0.412 e. The summed E-state index contributed by atoms with van der Waals surface area (Å²) < 4.78 is 10.6. The molecule has 7 nitrogen and oxygen atoms in total. The first-order valence-corrected chi connectivity index (χ1v) is 10.1.